The number of benzene rings is 1. The molecule has 1 saturated heterocycles. The van der Waals surface area contributed by atoms with E-state index in [2.05, 4.69) is 58.0 Å². The Morgan fingerprint density at radius 1 is 0.861 bits per heavy atom. The lowest BCUT2D eigenvalue weighted by molar-refractivity contribution is -0.144. The van der Waals surface area contributed by atoms with Gasteiger partial charge in [-0.2, -0.15) is 0 Å². The average molecular weight is 485 g/mol. The van der Waals surface area contributed by atoms with Gasteiger partial charge in [-0.3, -0.25) is 0 Å². The second-order valence-corrected chi connectivity index (χ2v) is 15.0. The molecule has 0 bridgehead atoms. The molecule has 1 spiro atoms. The van der Waals surface area contributed by atoms with Crippen molar-refractivity contribution in [3.05, 3.63) is 52.1 Å². The maximum absolute atomic E-state index is 6.74. The second-order valence-electron chi connectivity index (χ2n) is 15.0. The first-order chi connectivity index (χ1) is 17.3. The van der Waals surface area contributed by atoms with Gasteiger partial charge in [0.1, 0.15) is 0 Å². The van der Waals surface area contributed by atoms with Crippen LogP contribution in [0.5, 0.6) is 0 Å². The molecular formula is C35H48O. The molecule has 7 unspecified atom stereocenters. The van der Waals surface area contributed by atoms with Crippen molar-refractivity contribution in [3.63, 3.8) is 0 Å². The molecule has 0 aromatic heterocycles. The van der Waals surface area contributed by atoms with Crippen molar-refractivity contribution in [2.45, 2.75) is 116 Å². The summed E-state index contributed by atoms with van der Waals surface area (Å²) >= 11 is 0. The SMILES string of the molecule is CC1CCC2C3CCC4CC5(CCC4=C3C(c3ccc(C=C4CC4)cc3)CC12C)CCC(C)(C)CO5. The molecule has 1 aromatic carbocycles. The van der Waals surface area contributed by atoms with Crippen molar-refractivity contribution >= 4 is 6.08 Å². The van der Waals surface area contributed by atoms with Gasteiger partial charge in [0, 0.05) is 5.92 Å². The van der Waals surface area contributed by atoms with Crippen molar-refractivity contribution in [2.75, 3.05) is 6.61 Å². The highest BCUT2D eigenvalue weighted by atomic mass is 16.5. The summed E-state index contributed by atoms with van der Waals surface area (Å²) in [5, 5.41) is 0. The Labute approximate surface area is 220 Å². The summed E-state index contributed by atoms with van der Waals surface area (Å²) < 4.78 is 6.74. The molecule has 5 fully saturated rings. The summed E-state index contributed by atoms with van der Waals surface area (Å²) in [5.74, 6) is 4.02. The lowest BCUT2D eigenvalue weighted by atomic mass is 9.50. The van der Waals surface area contributed by atoms with Gasteiger partial charge in [0.15, 0.2) is 0 Å². The van der Waals surface area contributed by atoms with Crippen LogP contribution in [0.2, 0.25) is 0 Å². The van der Waals surface area contributed by atoms with E-state index < -0.39 is 0 Å². The van der Waals surface area contributed by atoms with Crippen molar-refractivity contribution in [2.24, 2.45) is 34.5 Å². The topological polar surface area (TPSA) is 9.23 Å². The third-order valence-electron chi connectivity index (χ3n) is 12.2. The van der Waals surface area contributed by atoms with Gasteiger partial charge in [-0.15, -0.1) is 0 Å². The Bertz CT molecular complexity index is 1070. The zero-order valence-electron chi connectivity index (χ0n) is 23.4. The van der Waals surface area contributed by atoms with E-state index in [9.17, 15) is 0 Å². The van der Waals surface area contributed by atoms with Gasteiger partial charge in [-0.1, -0.05) is 74.8 Å². The molecule has 1 heterocycles. The maximum Gasteiger partial charge on any atom is 0.0691 e. The first kappa shape index (κ1) is 23.8. The average Bonchev–Trinajstić information content (AvgIpc) is 3.63. The monoisotopic (exact) mass is 484 g/mol. The molecule has 4 saturated carbocycles. The molecule has 1 heteroatoms. The predicted molar refractivity (Wildman–Crippen MR) is 150 cm³/mol. The predicted octanol–water partition coefficient (Wildman–Crippen LogP) is 9.49. The zero-order chi connectivity index (χ0) is 24.7. The molecule has 1 aromatic rings. The van der Waals surface area contributed by atoms with Gasteiger partial charge in [0.2, 0.25) is 0 Å². The van der Waals surface area contributed by atoms with E-state index in [1.54, 1.807) is 11.1 Å². The second kappa shape index (κ2) is 8.33. The van der Waals surface area contributed by atoms with Crippen LogP contribution >= 0.6 is 0 Å². The zero-order valence-corrected chi connectivity index (χ0v) is 23.4. The van der Waals surface area contributed by atoms with E-state index in [-0.39, 0.29) is 5.60 Å². The number of rotatable bonds is 2. The van der Waals surface area contributed by atoms with Crippen LogP contribution in [-0.4, -0.2) is 12.2 Å². The summed E-state index contributed by atoms with van der Waals surface area (Å²) in [5.41, 5.74) is 9.53. The Morgan fingerprint density at radius 3 is 2.39 bits per heavy atom. The van der Waals surface area contributed by atoms with Crippen molar-refractivity contribution in [3.8, 4) is 0 Å². The van der Waals surface area contributed by atoms with Gasteiger partial charge >= 0.3 is 0 Å². The van der Waals surface area contributed by atoms with E-state index in [0.29, 0.717) is 16.7 Å². The van der Waals surface area contributed by atoms with Gasteiger partial charge in [0.25, 0.3) is 0 Å². The standard InChI is InChI=1S/C35H48O/c1-23-5-14-31-29-13-12-27-20-35(18-17-33(2,3)22-36-35)16-15-28(27)32(29)30(21-34(23,31)4)26-10-8-25(9-11-26)19-24-6-7-24/h8-11,19,23,27,29-31H,5-7,12-18,20-22H2,1-4H3. The van der Waals surface area contributed by atoms with E-state index in [1.807, 2.05) is 11.1 Å². The van der Waals surface area contributed by atoms with E-state index in [1.165, 1.54) is 82.6 Å². The fraction of sp³-hybridized carbons (Fsp3) is 0.714. The molecule has 7 rings (SSSR count). The van der Waals surface area contributed by atoms with Crippen LogP contribution in [0.15, 0.2) is 41.0 Å². The van der Waals surface area contributed by atoms with Crippen molar-refractivity contribution < 1.29 is 4.74 Å². The summed E-state index contributed by atoms with van der Waals surface area (Å²) in [7, 11) is 0. The molecule has 7 atom stereocenters. The highest BCUT2D eigenvalue weighted by Gasteiger charge is 2.56. The molecule has 0 radical (unpaired) electrons. The lowest BCUT2D eigenvalue weighted by Gasteiger charge is -2.56. The minimum Gasteiger partial charge on any atom is -0.374 e. The third-order valence-corrected chi connectivity index (χ3v) is 12.2. The molecule has 6 aliphatic rings. The van der Waals surface area contributed by atoms with Gasteiger partial charge in [0.05, 0.1) is 12.2 Å². The Morgan fingerprint density at radius 2 is 1.67 bits per heavy atom. The summed E-state index contributed by atoms with van der Waals surface area (Å²) in [6, 6.07) is 9.85. The Balaban J connectivity index is 1.24. The lowest BCUT2D eigenvalue weighted by Crippen LogP contribution is -2.48. The number of hydrogen-bond donors (Lipinski definition) is 0. The molecule has 36 heavy (non-hydrogen) atoms. The number of hydrogen-bond acceptors (Lipinski definition) is 1. The van der Waals surface area contributed by atoms with Gasteiger partial charge in [-0.05, 0) is 123 Å². The molecule has 5 aliphatic carbocycles. The van der Waals surface area contributed by atoms with Crippen LogP contribution in [0, 0.1) is 34.5 Å². The first-order valence-corrected chi connectivity index (χ1v) is 15.4. The fourth-order valence-corrected chi connectivity index (χ4v) is 9.58. The van der Waals surface area contributed by atoms with E-state index in [0.717, 1.165) is 30.3 Å². The third kappa shape index (κ3) is 3.90. The maximum atomic E-state index is 6.74. The quantitative estimate of drug-likeness (QED) is 0.380. The Hall–Kier alpha value is -1.34. The first-order valence-electron chi connectivity index (χ1n) is 15.4. The highest BCUT2D eigenvalue weighted by molar-refractivity contribution is 5.57. The van der Waals surface area contributed by atoms with Crippen molar-refractivity contribution in [1.82, 2.24) is 0 Å². The normalized spacial score (nSPS) is 43.1. The fourth-order valence-electron chi connectivity index (χ4n) is 9.58. The Kier molecular flexibility index (Phi) is 5.49. The van der Waals surface area contributed by atoms with Gasteiger partial charge in [-0.25, -0.2) is 0 Å². The molecule has 0 N–H and O–H groups in total. The van der Waals surface area contributed by atoms with Crippen LogP contribution in [0.4, 0.5) is 0 Å². The van der Waals surface area contributed by atoms with E-state index >= 15 is 0 Å². The molecule has 0 amide bonds. The number of allylic oxidation sites excluding steroid dienone is 3. The van der Waals surface area contributed by atoms with Gasteiger partial charge < -0.3 is 4.74 Å². The largest absolute Gasteiger partial charge is 0.374 e. The van der Waals surface area contributed by atoms with Crippen LogP contribution in [0.3, 0.4) is 0 Å². The van der Waals surface area contributed by atoms with Crippen LogP contribution in [0.25, 0.3) is 6.08 Å². The summed E-state index contributed by atoms with van der Waals surface area (Å²) in [6.07, 6.45) is 18.6. The molecule has 1 nitrogen and oxygen atoms in total. The van der Waals surface area contributed by atoms with Crippen molar-refractivity contribution in [1.29, 1.82) is 0 Å². The summed E-state index contributed by atoms with van der Waals surface area (Å²) in [6.45, 7) is 11.0. The molecular weight excluding hydrogens is 436 g/mol. The minimum atomic E-state index is 0.176. The van der Waals surface area contributed by atoms with Crippen LogP contribution in [-0.2, 0) is 4.74 Å². The van der Waals surface area contributed by atoms with E-state index in [4.69, 9.17) is 4.74 Å². The molecule has 194 valence electrons. The smallest absolute Gasteiger partial charge is 0.0691 e. The molecule has 1 aliphatic heterocycles. The highest BCUT2D eigenvalue weighted by Crippen LogP contribution is 2.66. The number of ether oxygens (including phenoxy) is 1. The van der Waals surface area contributed by atoms with Crippen LogP contribution in [0.1, 0.15) is 122 Å². The van der Waals surface area contributed by atoms with Crippen LogP contribution < -0.4 is 0 Å². The summed E-state index contributed by atoms with van der Waals surface area (Å²) in [4.78, 5) is 0. The minimum absolute atomic E-state index is 0.176. The number of fused-ring (bicyclic) bond motifs is 4.